The van der Waals surface area contributed by atoms with Crippen molar-refractivity contribution in [2.45, 2.75) is 36.6 Å². The molecule has 1 aliphatic heterocycles. The monoisotopic (exact) mass is 424 g/mol. The maximum absolute atomic E-state index is 13.1. The van der Waals surface area contributed by atoms with Gasteiger partial charge in [0, 0.05) is 18.1 Å². The summed E-state index contributed by atoms with van der Waals surface area (Å²) in [5.41, 5.74) is 1.03. The van der Waals surface area contributed by atoms with Gasteiger partial charge in [0.15, 0.2) is 0 Å². The Kier molecular flexibility index (Phi) is 6.69. The Morgan fingerprint density at radius 3 is 2.46 bits per heavy atom. The van der Waals surface area contributed by atoms with Crippen molar-refractivity contribution in [3.8, 4) is 0 Å². The third-order valence-electron chi connectivity index (χ3n) is 4.80. The summed E-state index contributed by atoms with van der Waals surface area (Å²) in [4.78, 5) is 12.7. The lowest BCUT2D eigenvalue weighted by Gasteiger charge is -2.33. The molecule has 1 fully saturated rings. The van der Waals surface area contributed by atoms with Crippen molar-refractivity contribution >= 4 is 27.5 Å². The summed E-state index contributed by atoms with van der Waals surface area (Å²) in [6.07, 6.45) is 2.56. The fourth-order valence-electron chi connectivity index (χ4n) is 3.30. The number of nitrogens with zero attached hydrogens (tertiary/aromatic N) is 1. The number of rotatable bonds is 6. The Labute approximate surface area is 169 Å². The van der Waals surface area contributed by atoms with E-state index in [2.05, 4.69) is 5.32 Å². The van der Waals surface area contributed by atoms with E-state index in [0.717, 1.165) is 24.1 Å². The second kappa shape index (κ2) is 9.03. The molecule has 1 aliphatic rings. The van der Waals surface area contributed by atoms with Crippen LogP contribution in [0.15, 0.2) is 53.4 Å². The van der Waals surface area contributed by atoms with Gasteiger partial charge in [0.25, 0.3) is 0 Å². The predicted octanol–water partition coefficient (Wildman–Crippen LogP) is 3.38. The van der Waals surface area contributed by atoms with Crippen LogP contribution >= 0.6 is 11.6 Å². The van der Waals surface area contributed by atoms with Crippen molar-refractivity contribution < 1.29 is 17.6 Å². The molecule has 0 aromatic heterocycles. The standard InChI is InChI=1S/C20H22ClFN2O3S/c21-16-6-4-15(5-7-16)12-13-23-20(25)19-3-1-2-14-24(19)28(26,27)18-10-8-17(22)9-11-18/h4-11,19H,1-3,12-14H2,(H,23,25)/t19-/m1/s1. The maximum atomic E-state index is 13.1. The summed E-state index contributed by atoms with van der Waals surface area (Å²) in [5, 5.41) is 3.49. The molecule has 150 valence electrons. The van der Waals surface area contributed by atoms with Crippen molar-refractivity contribution in [3.63, 3.8) is 0 Å². The Balaban J connectivity index is 1.67. The molecule has 0 saturated carbocycles. The number of piperidine rings is 1. The van der Waals surface area contributed by atoms with Crippen molar-refractivity contribution in [1.29, 1.82) is 0 Å². The van der Waals surface area contributed by atoms with Crippen LogP contribution in [0.2, 0.25) is 5.02 Å². The molecule has 3 rings (SSSR count). The highest BCUT2D eigenvalue weighted by Gasteiger charge is 2.37. The molecule has 0 unspecified atom stereocenters. The van der Waals surface area contributed by atoms with Crippen LogP contribution in [0.5, 0.6) is 0 Å². The molecule has 0 aliphatic carbocycles. The Morgan fingerprint density at radius 1 is 1.11 bits per heavy atom. The van der Waals surface area contributed by atoms with Crippen molar-refractivity contribution in [2.75, 3.05) is 13.1 Å². The first-order chi connectivity index (χ1) is 13.4. The van der Waals surface area contributed by atoms with Gasteiger partial charge < -0.3 is 5.32 Å². The van der Waals surface area contributed by atoms with Crippen LogP contribution in [0.25, 0.3) is 0 Å². The van der Waals surface area contributed by atoms with E-state index in [1.165, 1.54) is 16.4 Å². The van der Waals surface area contributed by atoms with Crippen LogP contribution in [-0.2, 0) is 21.2 Å². The molecule has 0 radical (unpaired) electrons. The van der Waals surface area contributed by atoms with Gasteiger partial charge in [-0.3, -0.25) is 4.79 Å². The van der Waals surface area contributed by atoms with E-state index in [-0.39, 0.29) is 17.3 Å². The zero-order valence-electron chi connectivity index (χ0n) is 15.3. The summed E-state index contributed by atoms with van der Waals surface area (Å²) in [7, 11) is -3.86. The number of nitrogens with one attached hydrogen (secondary N) is 1. The topological polar surface area (TPSA) is 66.5 Å². The normalized spacial score (nSPS) is 18.0. The minimum absolute atomic E-state index is 0.00485. The molecule has 8 heteroatoms. The van der Waals surface area contributed by atoms with Gasteiger partial charge in [-0.05, 0) is 61.2 Å². The van der Waals surface area contributed by atoms with Crippen molar-refractivity contribution in [1.82, 2.24) is 9.62 Å². The quantitative estimate of drug-likeness (QED) is 0.773. The van der Waals surface area contributed by atoms with E-state index in [4.69, 9.17) is 11.6 Å². The average Bonchev–Trinajstić information content (AvgIpc) is 2.70. The third-order valence-corrected chi connectivity index (χ3v) is 6.98. The summed E-state index contributed by atoms with van der Waals surface area (Å²) >= 11 is 5.86. The van der Waals surface area contributed by atoms with Crippen LogP contribution in [-0.4, -0.2) is 37.8 Å². The molecule has 0 bridgehead atoms. The van der Waals surface area contributed by atoms with Crippen molar-refractivity contribution in [3.05, 3.63) is 64.9 Å². The van der Waals surface area contributed by atoms with Crippen LogP contribution in [0.4, 0.5) is 4.39 Å². The van der Waals surface area contributed by atoms with Gasteiger partial charge in [0.1, 0.15) is 11.9 Å². The Bertz CT molecular complexity index is 917. The number of halogens is 2. The highest BCUT2D eigenvalue weighted by atomic mass is 35.5. The van der Waals surface area contributed by atoms with E-state index < -0.39 is 21.9 Å². The van der Waals surface area contributed by atoms with Gasteiger partial charge in [-0.25, -0.2) is 12.8 Å². The molecular formula is C20H22ClFN2O3S. The molecule has 1 amide bonds. The molecule has 5 nitrogen and oxygen atoms in total. The molecule has 28 heavy (non-hydrogen) atoms. The number of amides is 1. The molecule has 1 heterocycles. The van der Waals surface area contributed by atoms with Gasteiger partial charge >= 0.3 is 0 Å². The Morgan fingerprint density at radius 2 is 1.79 bits per heavy atom. The molecule has 1 N–H and O–H groups in total. The first-order valence-electron chi connectivity index (χ1n) is 9.17. The minimum Gasteiger partial charge on any atom is -0.354 e. The SMILES string of the molecule is O=C(NCCc1ccc(Cl)cc1)[C@H]1CCCCN1S(=O)(=O)c1ccc(F)cc1. The molecular weight excluding hydrogens is 403 g/mol. The smallest absolute Gasteiger partial charge is 0.243 e. The minimum atomic E-state index is -3.86. The van der Waals surface area contributed by atoms with Gasteiger partial charge in [-0.1, -0.05) is 30.2 Å². The van der Waals surface area contributed by atoms with Gasteiger partial charge in [-0.2, -0.15) is 4.31 Å². The summed E-state index contributed by atoms with van der Waals surface area (Å²) in [6.45, 7) is 0.677. The first kappa shape index (κ1) is 20.8. The molecule has 1 saturated heterocycles. The van der Waals surface area contributed by atoms with Crippen LogP contribution < -0.4 is 5.32 Å². The maximum Gasteiger partial charge on any atom is 0.243 e. The third kappa shape index (κ3) is 4.90. The molecule has 2 aromatic carbocycles. The van der Waals surface area contributed by atoms with E-state index in [9.17, 15) is 17.6 Å². The second-order valence-corrected chi connectivity index (χ2v) is 9.08. The molecule has 0 spiro atoms. The summed E-state index contributed by atoms with van der Waals surface area (Å²) < 4.78 is 40.3. The number of sulfonamides is 1. The lowest BCUT2D eigenvalue weighted by molar-refractivity contribution is -0.125. The highest BCUT2D eigenvalue weighted by molar-refractivity contribution is 7.89. The largest absolute Gasteiger partial charge is 0.354 e. The fraction of sp³-hybridized carbons (Fsp3) is 0.350. The van der Waals surface area contributed by atoms with Gasteiger partial charge in [0.2, 0.25) is 15.9 Å². The zero-order chi connectivity index (χ0) is 20.1. The summed E-state index contributed by atoms with van der Waals surface area (Å²) in [5.74, 6) is -0.812. The second-order valence-electron chi connectivity index (χ2n) is 6.75. The molecule has 1 atom stereocenters. The van der Waals surface area contributed by atoms with Crippen LogP contribution in [0.1, 0.15) is 24.8 Å². The van der Waals surface area contributed by atoms with E-state index >= 15 is 0 Å². The lowest BCUT2D eigenvalue weighted by atomic mass is 10.0. The Hall–Kier alpha value is -1.96. The average molecular weight is 425 g/mol. The van der Waals surface area contributed by atoms with E-state index in [1.807, 2.05) is 12.1 Å². The van der Waals surface area contributed by atoms with Crippen LogP contribution in [0.3, 0.4) is 0 Å². The van der Waals surface area contributed by atoms with Crippen molar-refractivity contribution in [2.24, 2.45) is 0 Å². The predicted molar refractivity (Wildman–Crippen MR) is 106 cm³/mol. The lowest BCUT2D eigenvalue weighted by Crippen LogP contribution is -2.52. The summed E-state index contributed by atoms with van der Waals surface area (Å²) in [6, 6.07) is 11.3. The van der Waals surface area contributed by atoms with E-state index in [0.29, 0.717) is 30.8 Å². The van der Waals surface area contributed by atoms with Gasteiger partial charge in [0.05, 0.1) is 4.90 Å². The fourth-order valence-corrected chi connectivity index (χ4v) is 5.08. The number of carbonyl (C=O) groups is 1. The van der Waals surface area contributed by atoms with Gasteiger partial charge in [-0.15, -0.1) is 0 Å². The highest BCUT2D eigenvalue weighted by Crippen LogP contribution is 2.25. The zero-order valence-corrected chi connectivity index (χ0v) is 16.8. The van der Waals surface area contributed by atoms with Crippen LogP contribution in [0, 0.1) is 5.82 Å². The number of hydrogen-bond donors (Lipinski definition) is 1. The number of benzene rings is 2. The first-order valence-corrected chi connectivity index (χ1v) is 11.0. The van der Waals surface area contributed by atoms with E-state index in [1.54, 1.807) is 12.1 Å². The molecule has 2 aromatic rings. The number of hydrogen-bond acceptors (Lipinski definition) is 3. The number of carbonyl (C=O) groups excluding carboxylic acids is 1.